The summed E-state index contributed by atoms with van der Waals surface area (Å²) in [5.41, 5.74) is -0.608. The zero-order valence-corrected chi connectivity index (χ0v) is 17.0. The average Bonchev–Trinajstić information content (AvgIpc) is 2.62. The molecule has 0 saturated heterocycles. The van der Waals surface area contributed by atoms with Crippen molar-refractivity contribution in [2.75, 3.05) is 12.8 Å². The molecule has 0 aliphatic heterocycles. The fourth-order valence-corrected chi connectivity index (χ4v) is 4.87. The van der Waals surface area contributed by atoms with Crippen LogP contribution in [0.2, 0.25) is 0 Å². The monoisotopic (exact) mass is 372 g/mol. The summed E-state index contributed by atoms with van der Waals surface area (Å²) in [5.74, 6) is -0.165. The van der Waals surface area contributed by atoms with Crippen LogP contribution in [0.25, 0.3) is 0 Å². The van der Waals surface area contributed by atoms with Crippen molar-refractivity contribution in [1.82, 2.24) is 0 Å². The van der Waals surface area contributed by atoms with E-state index in [0.29, 0.717) is 13.0 Å². The average molecular weight is 372 g/mol. The summed E-state index contributed by atoms with van der Waals surface area (Å²) in [5, 5.41) is 2.56. The van der Waals surface area contributed by atoms with E-state index in [1.165, 1.54) is 10.6 Å². The van der Waals surface area contributed by atoms with Crippen molar-refractivity contribution in [3.8, 4) is 0 Å². The van der Waals surface area contributed by atoms with Crippen molar-refractivity contribution >= 4 is 24.5 Å². The maximum atomic E-state index is 12.4. The standard InChI is InChI=1S/C22H29O3P/c1-18(2)24-17-22(3,4)25-21(23)15-16-26(19-11-7-5-8-12-19)20-13-9-6-10-14-20/h5-14,18H,15-17H2,1-4H3. The predicted molar refractivity (Wildman–Crippen MR) is 110 cm³/mol. The van der Waals surface area contributed by atoms with Gasteiger partial charge in [0.05, 0.1) is 19.1 Å². The van der Waals surface area contributed by atoms with Gasteiger partial charge in [0.2, 0.25) is 0 Å². The highest BCUT2D eigenvalue weighted by Gasteiger charge is 2.24. The van der Waals surface area contributed by atoms with Gasteiger partial charge >= 0.3 is 5.97 Å². The molecule has 3 nitrogen and oxygen atoms in total. The minimum atomic E-state index is -0.608. The Balaban J connectivity index is 2.00. The van der Waals surface area contributed by atoms with E-state index in [-0.39, 0.29) is 12.1 Å². The van der Waals surface area contributed by atoms with E-state index in [9.17, 15) is 4.79 Å². The minimum absolute atomic E-state index is 0.122. The Kier molecular flexibility index (Phi) is 7.81. The van der Waals surface area contributed by atoms with Crippen LogP contribution >= 0.6 is 7.92 Å². The maximum Gasteiger partial charge on any atom is 0.306 e. The number of carbonyl (C=O) groups excluding carboxylic acids is 1. The first kappa shape index (κ1) is 20.6. The molecule has 2 rings (SSSR count). The molecule has 2 aromatic rings. The van der Waals surface area contributed by atoms with Crippen LogP contribution in [0, 0.1) is 0 Å². The summed E-state index contributed by atoms with van der Waals surface area (Å²) in [6.07, 6.45) is 1.31. The van der Waals surface area contributed by atoms with Crippen LogP contribution in [0.3, 0.4) is 0 Å². The second-order valence-corrected chi connectivity index (χ2v) is 9.50. The third-order valence-electron chi connectivity index (χ3n) is 3.83. The van der Waals surface area contributed by atoms with Gasteiger partial charge in [0, 0.05) is 0 Å². The third kappa shape index (κ3) is 6.90. The van der Waals surface area contributed by atoms with Crippen molar-refractivity contribution in [3.05, 3.63) is 60.7 Å². The summed E-state index contributed by atoms with van der Waals surface area (Å²) in [7, 11) is -0.575. The van der Waals surface area contributed by atoms with Gasteiger partial charge in [0.25, 0.3) is 0 Å². The zero-order chi connectivity index (χ0) is 19.0. The predicted octanol–water partition coefficient (Wildman–Crippen LogP) is 4.26. The van der Waals surface area contributed by atoms with Crippen molar-refractivity contribution in [3.63, 3.8) is 0 Å². The van der Waals surface area contributed by atoms with Gasteiger partial charge in [-0.2, -0.15) is 0 Å². The topological polar surface area (TPSA) is 35.5 Å². The Morgan fingerprint density at radius 1 is 0.962 bits per heavy atom. The quantitative estimate of drug-likeness (QED) is 0.487. The lowest BCUT2D eigenvalue weighted by atomic mass is 10.1. The van der Waals surface area contributed by atoms with E-state index in [1.807, 2.05) is 39.8 Å². The lowest BCUT2D eigenvalue weighted by molar-refractivity contribution is -0.163. The Morgan fingerprint density at radius 2 is 1.46 bits per heavy atom. The Hall–Kier alpha value is -1.70. The van der Waals surface area contributed by atoms with Crippen LogP contribution in [-0.2, 0) is 14.3 Å². The van der Waals surface area contributed by atoms with Crippen LogP contribution in [0.1, 0.15) is 34.1 Å². The van der Waals surface area contributed by atoms with Crippen LogP contribution in [0.15, 0.2) is 60.7 Å². The molecule has 0 saturated carbocycles. The fourth-order valence-electron chi connectivity index (χ4n) is 2.58. The van der Waals surface area contributed by atoms with Crippen molar-refractivity contribution in [2.24, 2.45) is 0 Å². The number of carbonyl (C=O) groups is 1. The number of hydrogen-bond donors (Lipinski definition) is 0. The first-order valence-electron chi connectivity index (χ1n) is 9.08. The number of rotatable bonds is 9. The highest BCUT2D eigenvalue weighted by atomic mass is 31.1. The lowest BCUT2D eigenvalue weighted by Crippen LogP contribution is -2.34. The lowest BCUT2D eigenvalue weighted by Gasteiger charge is -2.26. The number of benzene rings is 2. The molecule has 4 heteroatoms. The van der Waals surface area contributed by atoms with Crippen LogP contribution < -0.4 is 10.6 Å². The molecule has 0 N–H and O–H groups in total. The highest BCUT2D eigenvalue weighted by molar-refractivity contribution is 7.73. The molecular weight excluding hydrogens is 343 g/mol. The molecule has 26 heavy (non-hydrogen) atoms. The molecule has 2 aromatic carbocycles. The van der Waals surface area contributed by atoms with Gasteiger partial charge in [-0.05, 0) is 52.4 Å². The van der Waals surface area contributed by atoms with Crippen molar-refractivity contribution in [1.29, 1.82) is 0 Å². The third-order valence-corrected chi connectivity index (χ3v) is 6.34. The summed E-state index contributed by atoms with van der Waals surface area (Å²) >= 11 is 0. The summed E-state index contributed by atoms with van der Waals surface area (Å²) in [6, 6.07) is 20.8. The van der Waals surface area contributed by atoms with E-state index in [2.05, 4.69) is 48.5 Å². The van der Waals surface area contributed by atoms with E-state index < -0.39 is 13.5 Å². The van der Waals surface area contributed by atoms with Crippen LogP contribution in [0.5, 0.6) is 0 Å². The molecule has 0 aromatic heterocycles. The number of hydrogen-bond acceptors (Lipinski definition) is 3. The Morgan fingerprint density at radius 3 is 1.92 bits per heavy atom. The summed E-state index contributed by atoms with van der Waals surface area (Å²) in [6.45, 7) is 8.15. The van der Waals surface area contributed by atoms with Crippen molar-refractivity contribution in [2.45, 2.75) is 45.8 Å². The molecule has 0 aliphatic carbocycles. The molecule has 0 amide bonds. The Labute approximate surface area is 158 Å². The highest BCUT2D eigenvalue weighted by Crippen LogP contribution is 2.34. The fraction of sp³-hybridized carbons (Fsp3) is 0.409. The first-order valence-corrected chi connectivity index (χ1v) is 10.6. The molecular formula is C22H29O3P. The van der Waals surface area contributed by atoms with Gasteiger partial charge in [-0.3, -0.25) is 4.79 Å². The van der Waals surface area contributed by atoms with Crippen molar-refractivity contribution < 1.29 is 14.3 Å². The van der Waals surface area contributed by atoms with Gasteiger partial charge in [-0.1, -0.05) is 60.7 Å². The molecule has 0 fully saturated rings. The van der Waals surface area contributed by atoms with E-state index >= 15 is 0 Å². The molecule has 0 spiro atoms. The van der Waals surface area contributed by atoms with E-state index in [1.54, 1.807) is 0 Å². The molecule has 0 radical (unpaired) electrons. The first-order chi connectivity index (χ1) is 12.4. The van der Waals surface area contributed by atoms with E-state index in [0.717, 1.165) is 6.16 Å². The van der Waals surface area contributed by atoms with Crippen LogP contribution in [0.4, 0.5) is 0 Å². The molecule has 0 bridgehead atoms. The Bertz CT molecular complexity index is 629. The number of ether oxygens (including phenoxy) is 2. The molecule has 0 aliphatic rings. The normalized spacial score (nSPS) is 11.8. The number of esters is 1. The van der Waals surface area contributed by atoms with Gasteiger partial charge < -0.3 is 9.47 Å². The van der Waals surface area contributed by atoms with Gasteiger partial charge in [-0.15, -0.1) is 0 Å². The van der Waals surface area contributed by atoms with Gasteiger partial charge in [0.1, 0.15) is 5.60 Å². The molecule has 0 unspecified atom stereocenters. The molecule has 0 atom stereocenters. The van der Waals surface area contributed by atoms with Crippen LogP contribution in [-0.4, -0.2) is 30.4 Å². The zero-order valence-electron chi connectivity index (χ0n) is 16.1. The molecule has 140 valence electrons. The second-order valence-electron chi connectivity index (χ2n) is 7.17. The summed E-state index contributed by atoms with van der Waals surface area (Å²) in [4.78, 5) is 12.4. The largest absolute Gasteiger partial charge is 0.457 e. The smallest absolute Gasteiger partial charge is 0.306 e. The molecule has 0 heterocycles. The van der Waals surface area contributed by atoms with E-state index in [4.69, 9.17) is 9.47 Å². The SMILES string of the molecule is CC(C)OCC(C)(C)OC(=O)CCP(c1ccccc1)c1ccccc1. The second kappa shape index (κ2) is 9.85. The van der Waals surface area contributed by atoms with Gasteiger partial charge in [0.15, 0.2) is 0 Å². The van der Waals surface area contributed by atoms with Gasteiger partial charge in [-0.25, -0.2) is 0 Å². The maximum absolute atomic E-state index is 12.4. The summed E-state index contributed by atoms with van der Waals surface area (Å²) < 4.78 is 11.3. The minimum Gasteiger partial charge on any atom is -0.457 e.